The molecule has 0 saturated heterocycles. The topological polar surface area (TPSA) is 35.8 Å². The molecule has 2 heteroatoms. The fourth-order valence-electron chi connectivity index (χ4n) is 4.50. The molecule has 1 N–H and O–H groups in total. The third-order valence-electron chi connectivity index (χ3n) is 5.17. The molecule has 3 rings (SSSR count). The summed E-state index contributed by atoms with van der Waals surface area (Å²) in [6.07, 6.45) is 1.90. The number of fused-ring (bicyclic) bond motifs is 3. The minimum Gasteiger partial charge on any atom is -0.312 e. The highest BCUT2D eigenvalue weighted by molar-refractivity contribution is 5.85. The summed E-state index contributed by atoms with van der Waals surface area (Å²) in [6.45, 7) is 15.0. The molecule has 0 fully saturated rings. The average molecular weight is 363 g/mol. The molecule has 0 amide bonds. The minimum atomic E-state index is -0.462. The number of hydrogen-bond donors (Lipinski definition) is 1. The van der Waals surface area contributed by atoms with Crippen LogP contribution in [-0.4, -0.2) is 12.1 Å². The lowest BCUT2D eigenvalue weighted by atomic mass is 9.73. The van der Waals surface area contributed by atoms with E-state index in [1.807, 2.05) is 0 Å². The molecule has 1 aliphatic rings. The molecule has 27 heavy (non-hydrogen) atoms. The molecule has 0 unspecified atom stereocenters. The van der Waals surface area contributed by atoms with Crippen molar-refractivity contribution in [3.8, 4) is 17.2 Å². The summed E-state index contributed by atoms with van der Waals surface area (Å²) in [5.74, 6) is 0. The Hall–Kier alpha value is -2.11. The third-order valence-corrected chi connectivity index (χ3v) is 5.17. The number of nitrogens with one attached hydrogen (secondary N) is 1. The van der Waals surface area contributed by atoms with E-state index >= 15 is 0 Å². The van der Waals surface area contributed by atoms with Gasteiger partial charge in [0.2, 0.25) is 0 Å². The van der Waals surface area contributed by atoms with Crippen molar-refractivity contribution in [3.63, 3.8) is 0 Å². The van der Waals surface area contributed by atoms with Gasteiger partial charge in [-0.15, -0.1) is 0 Å². The molecule has 144 valence electrons. The van der Waals surface area contributed by atoms with Crippen molar-refractivity contribution in [2.45, 2.75) is 78.8 Å². The first kappa shape index (κ1) is 21.2. The van der Waals surface area contributed by atoms with Gasteiger partial charge in [-0.2, -0.15) is 5.26 Å². The first-order valence-electron chi connectivity index (χ1n) is 10.2. The van der Waals surface area contributed by atoms with Crippen molar-refractivity contribution in [3.05, 3.63) is 58.7 Å². The van der Waals surface area contributed by atoms with Crippen LogP contribution in [0.15, 0.2) is 36.4 Å². The molecule has 0 bridgehead atoms. The van der Waals surface area contributed by atoms with Crippen LogP contribution in [0.3, 0.4) is 0 Å². The first-order chi connectivity index (χ1) is 12.8. The van der Waals surface area contributed by atoms with Gasteiger partial charge in [-0.3, -0.25) is 0 Å². The van der Waals surface area contributed by atoms with Crippen LogP contribution in [0.5, 0.6) is 0 Å². The van der Waals surface area contributed by atoms with Crippen LogP contribution in [0.4, 0.5) is 0 Å². The molecule has 2 nitrogen and oxygen atoms in total. The zero-order chi connectivity index (χ0) is 20.2. The molecule has 2 aromatic carbocycles. The van der Waals surface area contributed by atoms with E-state index in [0.29, 0.717) is 12.1 Å². The molecule has 0 atom stereocenters. The zero-order valence-corrected chi connectivity index (χ0v) is 18.0. The van der Waals surface area contributed by atoms with E-state index < -0.39 is 5.41 Å². The first-order valence-corrected chi connectivity index (χ1v) is 10.2. The Morgan fingerprint density at radius 2 is 1.33 bits per heavy atom. The molecule has 0 aromatic heterocycles. The normalized spacial score (nSPS) is 13.6. The molecule has 0 saturated carbocycles. The van der Waals surface area contributed by atoms with E-state index in [0.717, 1.165) is 12.8 Å². The maximum absolute atomic E-state index is 10.0. The van der Waals surface area contributed by atoms with Gasteiger partial charge in [0.05, 0.1) is 6.07 Å². The molecule has 1 aliphatic carbocycles. The van der Waals surface area contributed by atoms with Crippen molar-refractivity contribution in [1.82, 2.24) is 5.32 Å². The van der Waals surface area contributed by atoms with Crippen LogP contribution in [0, 0.1) is 25.2 Å². The number of nitriles is 1. The van der Waals surface area contributed by atoms with Gasteiger partial charge < -0.3 is 5.32 Å². The Labute approximate surface area is 165 Å². The van der Waals surface area contributed by atoms with Crippen LogP contribution < -0.4 is 5.32 Å². The lowest BCUT2D eigenvalue weighted by Crippen LogP contribution is -2.29. The van der Waals surface area contributed by atoms with E-state index in [2.05, 4.69) is 96.3 Å². The summed E-state index contributed by atoms with van der Waals surface area (Å²) in [4.78, 5) is 0. The average Bonchev–Trinajstić information content (AvgIpc) is 2.88. The van der Waals surface area contributed by atoms with Crippen molar-refractivity contribution in [2.75, 3.05) is 0 Å². The van der Waals surface area contributed by atoms with E-state index in [1.54, 1.807) is 0 Å². The van der Waals surface area contributed by atoms with Crippen LogP contribution in [0.1, 0.15) is 69.7 Å². The molecule has 0 spiro atoms. The molecule has 0 heterocycles. The number of aryl methyl sites for hydroxylation is 2. The minimum absolute atomic E-state index is 0.462. The summed E-state index contributed by atoms with van der Waals surface area (Å²) >= 11 is 0. The van der Waals surface area contributed by atoms with Crippen LogP contribution >= 0.6 is 0 Å². The smallest absolute Gasteiger partial charge is 0.109 e. The van der Waals surface area contributed by atoms with Crippen molar-refractivity contribution < 1.29 is 0 Å². The van der Waals surface area contributed by atoms with Crippen molar-refractivity contribution >= 4 is 0 Å². The van der Waals surface area contributed by atoms with Gasteiger partial charge in [-0.1, -0.05) is 77.4 Å². The molecule has 0 radical (unpaired) electrons. The fraction of sp³-hybridized carbons (Fsp3) is 0.480. The Kier molecular flexibility index (Phi) is 6.84. The van der Waals surface area contributed by atoms with E-state index in [9.17, 15) is 5.26 Å². The van der Waals surface area contributed by atoms with Crippen molar-refractivity contribution in [1.29, 1.82) is 5.26 Å². The number of hydrogen-bond acceptors (Lipinski definition) is 2. The SMILES string of the molecule is CC(C)NC(C)C.CCCC1(C#N)c2c(C)cccc2-c2cccc(C)c21. The lowest BCUT2D eigenvalue weighted by Gasteiger charge is -2.26. The summed E-state index contributed by atoms with van der Waals surface area (Å²) in [5, 5.41) is 13.3. The standard InChI is InChI=1S/C19H19N.C6H15N/c1-4-11-19(12-20)17-13(2)7-5-9-15(17)16-10-6-8-14(3)18(16)19;1-5(2)7-6(3)4/h5-10H,4,11H2,1-3H3;5-7H,1-4H3. The predicted molar refractivity (Wildman–Crippen MR) is 116 cm³/mol. The predicted octanol–water partition coefficient (Wildman–Crippen LogP) is 6.29. The maximum Gasteiger partial charge on any atom is 0.109 e. The van der Waals surface area contributed by atoms with Gasteiger partial charge >= 0.3 is 0 Å². The number of rotatable bonds is 4. The van der Waals surface area contributed by atoms with Gasteiger partial charge in [-0.05, 0) is 53.6 Å². The summed E-state index contributed by atoms with van der Waals surface area (Å²) in [5.41, 5.74) is 6.96. The Bertz CT molecular complexity index is 767. The summed E-state index contributed by atoms with van der Waals surface area (Å²) < 4.78 is 0. The highest BCUT2D eigenvalue weighted by Crippen LogP contribution is 2.53. The monoisotopic (exact) mass is 362 g/mol. The maximum atomic E-state index is 10.0. The second-order valence-corrected chi connectivity index (χ2v) is 8.24. The van der Waals surface area contributed by atoms with Crippen LogP contribution in [0.25, 0.3) is 11.1 Å². The lowest BCUT2D eigenvalue weighted by molar-refractivity contribution is 0.518. The molecule has 2 aromatic rings. The third kappa shape index (κ3) is 4.09. The Morgan fingerprint density at radius 3 is 1.63 bits per heavy atom. The number of nitrogens with zero attached hydrogens (tertiary/aromatic N) is 1. The summed E-state index contributed by atoms with van der Waals surface area (Å²) in [6, 6.07) is 16.7. The van der Waals surface area contributed by atoms with E-state index in [1.165, 1.54) is 33.4 Å². The Balaban J connectivity index is 0.000000321. The van der Waals surface area contributed by atoms with E-state index in [4.69, 9.17) is 0 Å². The largest absolute Gasteiger partial charge is 0.312 e. The highest BCUT2D eigenvalue weighted by atomic mass is 14.9. The van der Waals surface area contributed by atoms with Gasteiger partial charge in [0, 0.05) is 12.1 Å². The molecular formula is C25H34N2. The fourth-order valence-corrected chi connectivity index (χ4v) is 4.50. The van der Waals surface area contributed by atoms with Crippen molar-refractivity contribution in [2.24, 2.45) is 0 Å². The highest BCUT2D eigenvalue weighted by Gasteiger charge is 2.44. The van der Waals surface area contributed by atoms with E-state index in [-0.39, 0.29) is 0 Å². The summed E-state index contributed by atoms with van der Waals surface area (Å²) in [7, 11) is 0. The molecule has 0 aliphatic heterocycles. The van der Waals surface area contributed by atoms with Crippen LogP contribution in [0.2, 0.25) is 0 Å². The number of benzene rings is 2. The molecular weight excluding hydrogens is 328 g/mol. The second-order valence-electron chi connectivity index (χ2n) is 8.24. The Morgan fingerprint density at radius 1 is 0.889 bits per heavy atom. The van der Waals surface area contributed by atoms with Gasteiger partial charge in [-0.25, -0.2) is 0 Å². The van der Waals surface area contributed by atoms with Gasteiger partial charge in [0.1, 0.15) is 5.41 Å². The quantitative estimate of drug-likeness (QED) is 0.694. The van der Waals surface area contributed by atoms with Gasteiger partial charge in [0.15, 0.2) is 0 Å². The zero-order valence-electron chi connectivity index (χ0n) is 18.0. The van der Waals surface area contributed by atoms with Gasteiger partial charge in [0.25, 0.3) is 0 Å². The van der Waals surface area contributed by atoms with Crippen LogP contribution in [-0.2, 0) is 5.41 Å². The second kappa shape index (κ2) is 8.72.